The topological polar surface area (TPSA) is 136 Å². The SMILES string of the molecule is CC(C)(C)OC(=O)N[C@@H](CC(=O)OCc1ccccc1)C(=O)On1c(O)ccc1O. The van der Waals surface area contributed by atoms with Gasteiger partial charge in [0, 0.05) is 12.1 Å². The van der Waals surface area contributed by atoms with E-state index >= 15 is 0 Å². The number of benzene rings is 1. The van der Waals surface area contributed by atoms with E-state index < -0.39 is 47.9 Å². The van der Waals surface area contributed by atoms with Crippen molar-refractivity contribution in [3.05, 3.63) is 48.0 Å². The number of rotatable bonds is 7. The summed E-state index contributed by atoms with van der Waals surface area (Å²) in [6.07, 6.45) is -1.52. The van der Waals surface area contributed by atoms with Gasteiger partial charge in [0.05, 0.1) is 6.42 Å². The van der Waals surface area contributed by atoms with E-state index in [1.807, 2.05) is 6.07 Å². The lowest BCUT2D eigenvalue weighted by Gasteiger charge is -2.22. The van der Waals surface area contributed by atoms with Crippen LogP contribution in [0.15, 0.2) is 42.5 Å². The maximum atomic E-state index is 12.5. The van der Waals surface area contributed by atoms with Crippen molar-refractivity contribution in [3.63, 3.8) is 0 Å². The van der Waals surface area contributed by atoms with Crippen LogP contribution in [0.4, 0.5) is 4.79 Å². The van der Waals surface area contributed by atoms with Crippen LogP contribution >= 0.6 is 0 Å². The van der Waals surface area contributed by atoms with Crippen molar-refractivity contribution in [2.75, 3.05) is 0 Å². The van der Waals surface area contributed by atoms with Gasteiger partial charge in [-0.05, 0) is 26.3 Å². The number of amides is 1. The van der Waals surface area contributed by atoms with Crippen molar-refractivity contribution >= 4 is 18.0 Å². The molecule has 2 aromatic rings. The standard InChI is InChI=1S/C20H24N2O8/c1-20(2,3)29-19(27)21-14(18(26)30-22-15(23)9-10-16(22)24)11-17(25)28-12-13-7-5-4-6-8-13/h4-10,14,23-24H,11-12H2,1-3H3,(H,21,27)/t14-/m0/s1. The van der Waals surface area contributed by atoms with Crippen molar-refractivity contribution in [2.45, 2.75) is 45.4 Å². The monoisotopic (exact) mass is 420 g/mol. The van der Waals surface area contributed by atoms with E-state index in [1.165, 1.54) is 0 Å². The van der Waals surface area contributed by atoms with Crippen molar-refractivity contribution < 1.29 is 38.9 Å². The number of nitrogens with one attached hydrogen (secondary N) is 1. The number of carbonyl (C=O) groups is 3. The maximum Gasteiger partial charge on any atom is 0.408 e. The lowest BCUT2D eigenvalue weighted by Crippen LogP contribution is -2.47. The van der Waals surface area contributed by atoms with Gasteiger partial charge in [-0.1, -0.05) is 30.3 Å². The van der Waals surface area contributed by atoms with Gasteiger partial charge in [0.15, 0.2) is 0 Å². The summed E-state index contributed by atoms with van der Waals surface area (Å²) in [4.78, 5) is 41.6. The number of esters is 1. The van der Waals surface area contributed by atoms with E-state index in [1.54, 1.807) is 45.0 Å². The van der Waals surface area contributed by atoms with E-state index in [4.69, 9.17) is 14.3 Å². The number of hydrogen-bond acceptors (Lipinski definition) is 8. The van der Waals surface area contributed by atoms with Crippen LogP contribution in [-0.2, 0) is 25.7 Å². The second-order valence-electron chi connectivity index (χ2n) is 7.30. The number of aromatic hydroxyl groups is 2. The van der Waals surface area contributed by atoms with E-state index in [0.717, 1.165) is 17.7 Å². The summed E-state index contributed by atoms with van der Waals surface area (Å²) in [7, 11) is 0. The highest BCUT2D eigenvalue weighted by molar-refractivity contribution is 5.86. The van der Waals surface area contributed by atoms with E-state index in [9.17, 15) is 24.6 Å². The molecular weight excluding hydrogens is 396 g/mol. The molecule has 0 aliphatic heterocycles. The minimum absolute atomic E-state index is 0.0208. The molecule has 0 fully saturated rings. The quantitative estimate of drug-likeness (QED) is 0.578. The number of hydrogen-bond donors (Lipinski definition) is 3. The maximum absolute atomic E-state index is 12.5. The van der Waals surface area contributed by atoms with Gasteiger partial charge in [0.1, 0.15) is 18.2 Å². The zero-order chi connectivity index (χ0) is 22.3. The molecule has 0 bridgehead atoms. The third-order valence-electron chi connectivity index (χ3n) is 3.57. The number of nitrogens with zero attached hydrogens (tertiary/aromatic N) is 1. The smallest absolute Gasteiger partial charge is 0.408 e. The molecule has 30 heavy (non-hydrogen) atoms. The lowest BCUT2D eigenvalue weighted by molar-refractivity contribution is -0.154. The highest BCUT2D eigenvalue weighted by atomic mass is 16.7. The Morgan fingerprint density at radius 3 is 2.20 bits per heavy atom. The van der Waals surface area contributed by atoms with Gasteiger partial charge in [-0.25, -0.2) is 9.59 Å². The Morgan fingerprint density at radius 2 is 1.63 bits per heavy atom. The molecule has 1 aromatic carbocycles. The Morgan fingerprint density at radius 1 is 1.03 bits per heavy atom. The molecule has 1 amide bonds. The molecule has 0 saturated heterocycles. The van der Waals surface area contributed by atoms with Gasteiger partial charge in [-0.15, -0.1) is 4.73 Å². The first kappa shape index (κ1) is 22.6. The van der Waals surface area contributed by atoms with E-state index in [0.29, 0.717) is 4.73 Å². The summed E-state index contributed by atoms with van der Waals surface area (Å²) in [5.41, 5.74) is -0.101. The van der Waals surface area contributed by atoms with Crippen molar-refractivity contribution in [2.24, 2.45) is 0 Å². The predicted molar refractivity (Wildman–Crippen MR) is 103 cm³/mol. The Labute approximate surface area is 172 Å². The second kappa shape index (κ2) is 9.68. The third kappa shape index (κ3) is 7.04. The zero-order valence-electron chi connectivity index (χ0n) is 16.8. The zero-order valence-corrected chi connectivity index (χ0v) is 16.8. The third-order valence-corrected chi connectivity index (χ3v) is 3.57. The van der Waals surface area contributed by atoms with Crippen molar-refractivity contribution in [1.29, 1.82) is 0 Å². The Hall–Kier alpha value is -3.69. The van der Waals surface area contributed by atoms with Crippen LogP contribution in [-0.4, -0.2) is 44.6 Å². The molecule has 1 aromatic heterocycles. The van der Waals surface area contributed by atoms with Gasteiger partial charge in [-0.2, -0.15) is 0 Å². The summed E-state index contributed by atoms with van der Waals surface area (Å²) in [6.45, 7) is 4.87. The average molecular weight is 420 g/mol. The first-order chi connectivity index (χ1) is 14.0. The molecule has 2 rings (SSSR count). The predicted octanol–water partition coefficient (Wildman–Crippen LogP) is 1.88. The van der Waals surface area contributed by atoms with Gasteiger partial charge in [0.2, 0.25) is 11.8 Å². The van der Waals surface area contributed by atoms with Crippen LogP contribution < -0.4 is 10.2 Å². The summed E-state index contributed by atoms with van der Waals surface area (Å²) in [5.74, 6) is -3.01. The summed E-state index contributed by atoms with van der Waals surface area (Å²) in [5, 5.41) is 21.5. The van der Waals surface area contributed by atoms with Crippen LogP contribution in [0, 0.1) is 0 Å². The van der Waals surface area contributed by atoms with E-state index in [-0.39, 0.29) is 6.61 Å². The molecule has 0 aliphatic rings. The highest BCUT2D eigenvalue weighted by Gasteiger charge is 2.30. The van der Waals surface area contributed by atoms with Crippen LogP contribution in [0.25, 0.3) is 0 Å². The Balaban J connectivity index is 2.06. The molecule has 0 unspecified atom stereocenters. The number of alkyl carbamates (subject to hydrolysis) is 1. The summed E-state index contributed by atoms with van der Waals surface area (Å²) >= 11 is 0. The van der Waals surface area contributed by atoms with Crippen LogP contribution in [0.5, 0.6) is 11.8 Å². The second-order valence-corrected chi connectivity index (χ2v) is 7.30. The van der Waals surface area contributed by atoms with Crippen molar-refractivity contribution in [3.8, 4) is 11.8 Å². The highest BCUT2D eigenvalue weighted by Crippen LogP contribution is 2.19. The number of aromatic nitrogens is 1. The lowest BCUT2D eigenvalue weighted by atomic mass is 10.2. The molecule has 1 atom stereocenters. The summed E-state index contributed by atoms with van der Waals surface area (Å²) in [6, 6.07) is 9.58. The average Bonchev–Trinajstić information content (AvgIpc) is 2.97. The molecule has 3 N–H and O–H groups in total. The Kier molecular flexibility index (Phi) is 7.29. The normalized spacial score (nSPS) is 12.0. The molecule has 0 spiro atoms. The van der Waals surface area contributed by atoms with E-state index in [2.05, 4.69) is 5.32 Å². The molecular formula is C20H24N2O8. The van der Waals surface area contributed by atoms with Gasteiger partial charge in [-0.3, -0.25) is 4.79 Å². The first-order valence-electron chi connectivity index (χ1n) is 9.06. The van der Waals surface area contributed by atoms with Crippen LogP contribution in [0.1, 0.15) is 32.8 Å². The summed E-state index contributed by atoms with van der Waals surface area (Å²) < 4.78 is 10.7. The molecule has 0 saturated carbocycles. The Bertz CT molecular complexity index is 866. The fourth-order valence-electron chi connectivity index (χ4n) is 2.26. The molecule has 10 heteroatoms. The molecule has 0 aliphatic carbocycles. The number of ether oxygens (including phenoxy) is 2. The number of carbonyl (C=O) groups excluding carboxylic acids is 3. The molecule has 1 heterocycles. The van der Waals surface area contributed by atoms with Gasteiger partial charge < -0.3 is 29.8 Å². The molecule has 10 nitrogen and oxygen atoms in total. The fraction of sp³-hybridized carbons (Fsp3) is 0.350. The van der Waals surface area contributed by atoms with Gasteiger partial charge >= 0.3 is 18.0 Å². The minimum Gasteiger partial charge on any atom is -0.492 e. The van der Waals surface area contributed by atoms with Crippen LogP contribution in [0.3, 0.4) is 0 Å². The molecule has 0 radical (unpaired) electrons. The largest absolute Gasteiger partial charge is 0.492 e. The van der Waals surface area contributed by atoms with Crippen molar-refractivity contribution in [1.82, 2.24) is 10.0 Å². The fourth-order valence-corrected chi connectivity index (χ4v) is 2.26. The minimum atomic E-state index is -1.50. The molecule has 162 valence electrons. The van der Waals surface area contributed by atoms with Gasteiger partial charge in [0.25, 0.3) is 0 Å². The van der Waals surface area contributed by atoms with Crippen LogP contribution in [0.2, 0.25) is 0 Å². The first-order valence-corrected chi connectivity index (χ1v) is 9.06.